The summed E-state index contributed by atoms with van der Waals surface area (Å²) < 4.78 is 20.2. The smallest absolute Gasteiger partial charge is 0.343 e. The molecule has 1 amide bonds. The number of carbonyl (C=O) groups is 2. The molecule has 0 aliphatic heterocycles. The molecule has 0 unspecified atom stereocenters. The topological polar surface area (TPSA) is 107 Å². The molecule has 2 aromatic rings. The summed E-state index contributed by atoms with van der Waals surface area (Å²) in [5, 5.41) is 11.3. The number of esters is 1. The number of benzene rings is 2. The number of carbonyl (C=O) groups excluding carboxylic acids is 2. The summed E-state index contributed by atoms with van der Waals surface area (Å²) in [7, 11) is 2.78. The Hall–Kier alpha value is -3.99. The Morgan fingerprint density at radius 2 is 1.83 bits per heavy atom. The van der Waals surface area contributed by atoms with Gasteiger partial charge < -0.3 is 24.3 Å². The highest BCUT2D eigenvalue weighted by atomic mass is 16.6. The second-order valence-corrected chi connectivity index (χ2v) is 5.57. The van der Waals surface area contributed by atoms with E-state index in [-0.39, 0.29) is 19.1 Å². The van der Waals surface area contributed by atoms with Crippen molar-refractivity contribution in [2.24, 2.45) is 0 Å². The quantitative estimate of drug-likeness (QED) is 0.513. The lowest BCUT2D eigenvalue weighted by Gasteiger charge is -2.09. The molecule has 0 spiro atoms. The average Bonchev–Trinajstić information content (AvgIpc) is 2.75. The first-order valence-corrected chi connectivity index (χ1v) is 8.52. The SMILES string of the molecule is COC(=O)COc1ccc(NC(=O)/C=C/c2ccc(OCC#N)c(OC)c2)cc1. The fourth-order valence-corrected chi connectivity index (χ4v) is 2.21. The summed E-state index contributed by atoms with van der Waals surface area (Å²) in [4.78, 5) is 23.2. The first-order valence-electron chi connectivity index (χ1n) is 8.52. The summed E-state index contributed by atoms with van der Waals surface area (Å²) in [5.74, 6) is 0.594. The predicted octanol–water partition coefficient (Wildman–Crippen LogP) is 2.80. The van der Waals surface area contributed by atoms with Gasteiger partial charge in [-0.25, -0.2) is 4.79 Å². The first kappa shape index (κ1) is 21.3. The zero-order valence-electron chi connectivity index (χ0n) is 16.0. The van der Waals surface area contributed by atoms with Crippen LogP contribution in [0, 0.1) is 11.3 Å². The molecule has 0 aliphatic rings. The molecule has 0 aromatic heterocycles. The van der Waals surface area contributed by atoms with Gasteiger partial charge in [0.15, 0.2) is 24.7 Å². The molecule has 2 rings (SSSR count). The van der Waals surface area contributed by atoms with Crippen LogP contribution in [0.4, 0.5) is 5.69 Å². The lowest BCUT2D eigenvalue weighted by molar-refractivity contribution is -0.142. The van der Waals surface area contributed by atoms with Gasteiger partial charge in [-0.2, -0.15) is 5.26 Å². The van der Waals surface area contributed by atoms with E-state index in [2.05, 4.69) is 10.1 Å². The Kier molecular flexibility index (Phi) is 8.08. The molecule has 0 aliphatic carbocycles. The van der Waals surface area contributed by atoms with Gasteiger partial charge in [-0.1, -0.05) is 6.07 Å². The van der Waals surface area contributed by atoms with Crippen molar-refractivity contribution in [3.05, 3.63) is 54.1 Å². The minimum absolute atomic E-state index is 0.0829. The standard InChI is InChI=1S/C21H20N2O6/c1-26-19-13-15(3-9-18(19)28-12-11-22)4-10-20(24)23-16-5-7-17(8-6-16)29-14-21(25)27-2/h3-10,13H,12,14H2,1-2H3,(H,23,24)/b10-4+. The van der Waals surface area contributed by atoms with E-state index in [4.69, 9.17) is 19.5 Å². The van der Waals surface area contributed by atoms with E-state index >= 15 is 0 Å². The zero-order chi connectivity index (χ0) is 21.1. The van der Waals surface area contributed by atoms with Gasteiger partial charge in [0.05, 0.1) is 14.2 Å². The number of nitrogens with one attached hydrogen (secondary N) is 1. The van der Waals surface area contributed by atoms with Gasteiger partial charge in [-0.05, 0) is 48.0 Å². The molecule has 0 atom stereocenters. The van der Waals surface area contributed by atoms with E-state index < -0.39 is 5.97 Å². The maximum atomic E-state index is 12.1. The Balaban J connectivity index is 1.94. The van der Waals surface area contributed by atoms with E-state index in [1.807, 2.05) is 6.07 Å². The third-order valence-corrected chi connectivity index (χ3v) is 3.61. The van der Waals surface area contributed by atoms with E-state index in [1.165, 1.54) is 20.3 Å². The normalized spacial score (nSPS) is 10.1. The Bertz CT molecular complexity index is 916. The maximum Gasteiger partial charge on any atom is 0.343 e. The van der Waals surface area contributed by atoms with Crippen LogP contribution in [0.2, 0.25) is 0 Å². The average molecular weight is 396 g/mol. The molecule has 1 N–H and O–H groups in total. The molecule has 2 aromatic carbocycles. The van der Waals surface area contributed by atoms with Crippen molar-refractivity contribution in [1.82, 2.24) is 0 Å². The number of hydrogen-bond donors (Lipinski definition) is 1. The Labute approximate surface area is 168 Å². The molecule has 0 heterocycles. The molecule has 0 saturated heterocycles. The highest BCUT2D eigenvalue weighted by Crippen LogP contribution is 2.28. The number of rotatable bonds is 9. The van der Waals surface area contributed by atoms with Crippen molar-refractivity contribution >= 4 is 23.6 Å². The molecule has 8 heteroatoms. The van der Waals surface area contributed by atoms with Crippen LogP contribution < -0.4 is 19.5 Å². The molecule has 0 fully saturated rings. The lowest BCUT2D eigenvalue weighted by atomic mass is 10.2. The van der Waals surface area contributed by atoms with Gasteiger partial charge in [-0.15, -0.1) is 0 Å². The van der Waals surface area contributed by atoms with Gasteiger partial charge in [0.1, 0.15) is 11.8 Å². The largest absolute Gasteiger partial charge is 0.493 e. The van der Waals surface area contributed by atoms with Crippen molar-refractivity contribution in [3.8, 4) is 23.3 Å². The van der Waals surface area contributed by atoms with Crippen molar-refractivity contribution in [1.29, 1.82) is 5.26 Å². The van der Waals surface area contributed by atoms with Crippen molar-refractivity contribution in [3.63, 3.8) is 0 Å². The fourth-order valence-electron chi connectivity index (χ4n) is 2.21. The van der Waals surface area contributed by atoms with Crippen LogP contribution in [-0.4, -0.2) is 39.3 Å². The summed E-state index contributed by atoms with van der Waals surface area (Å²) in [5.41, 5.74) is 1.30. The third-order valence-electron chi connectivity index (χ3n) is 3.61. The van der Waals surface area contributed by atoms with E-state index in [0.29, 0.717) is 22.9 Å². The van der Waals surface area contributed by atoms with Crippen LogP contribution in [0.25, 0.3) is 6.08 Å². The molecule has 0 saturated carbocycles. The van der Waals surface area contributed by atoms with E-state index in [1.54, 1.807) is 48.5 Å². The van der Waals surface area contributed by atoms with Crippen LogP contribution in [-0.2, 0) is 14.3 Å². The van der Waals surface area contributed by atoms with Gasteiger partial charge in [0.25, 0.3) is 0 Å². The van der Waals surface area contributed by atoms with Crippen molar-refractivity contribution in [2.75, 3.05) is 32.8 Å². The Morgan fingerprint density at radius 1 is 1.07 bits per heavy atom. The summed E-state index contributed by atoms with van der Waals surface area (Å²) in [6, 6.07) is 13.6. The molecular formula is C21H20N2O6. The molecule has 0 radical (unpaired) electrons. The van der Waals surface area contributed by atoms with Crippen LogP contribution in [0.15, 0.2) is 48.5 Å². The summed E-state index contributed by atoms with van der Waals surface area (Å²) >= 11 is 0. The third kappa shape index (κ3) is 6.92. The minimum Gasteiger partial charge on any atom is -0.493 e. The number of anilines is 1. The zero-order valence-corrected chi connectivity index (χ0v) is 16.0. The molecule has 0 bridgehead atoms. The van der Waals surface area contributed by atoms with E-state index in [9.17, 15) is 9.59 Å². The van der Waals surface area contributed by atoms with Gasteiger partial charge in [0.2, 0.25) is 5.91 Å². The maximum absolute atomic E-state index is 12.1. The van der Waals surface area contributed by atoms with Gasteiger partial charge >= 0.3 is 5.97 Å². The lowest BCUT2D eigenvalue weighted by Crippen LogP contribution is -2.12. The first-order chi connectivity index (χ1) is 14.0. The fraction of sp³-hybridized carbons (Fsp3) is 0.190. The number of nitriles is 1. The highest BCUT2D eigenvalue weighted by molar-refractivity contribution is 6.02. The number of nitrogens with zero attached hydrogens (tertiary/aromatic N) is 1. The number of methoxy groups -OCH3 is 2. The summed E-state index contributed by atoms with van der Waals surface area (Å²) in [6.45, 7) is -0.269. The van der Waals surface area contributed by atoms with Crippen LogP contribution >= 0.6 is 0 Å². The van der Waals surface area contributed by atoms with Crippen LogP contribution in [0.3, 0.4) is 0 Å². The minimum atomic E-state index is -0.478. The second-order valence-electron chi connectivity index (χ2n) is 5.57. The van der Waals surface area contributed by atoms with Crippen LogP contribution in [0.5, 0.6) is 17.2 Å². The van der Waals surface area contributed by atoms with Crippen molar-refractivity contribution in [2.45, 2.75) is 0 Å². The predicted molar refractivity (Wildman–Crippen MR) is 106 cm³/mol. The van der Waals surface area contributed by atoms with Gasteiger partial charge in [-0.3, -0.25) is 4.79 Å². The number of ether oxygens (including phenoxy) is 4. The number of hydrogen-bond acceptors (Lipinski definition) is 7. The highest BCUT2D eigenvalue weighted by Gasteiger charge is 2.06. The molecular weight excluding hydrogens is 376 g/mol. The van der Waals surface area contributed by atoms with Crippen LogP contribution in [0.1, 0.15) is 5.56 Å². The molecule has 8 nitrogen and oxygen atoms in total. The molecule has 29 heavy (non-hydrogen) atoms. The number of amides is 1. The molecule has 150 valence electrons. The van der Waals surface area contributed by atoms with E-state index in [0.717, 1.165) is 5.56 Å². The second kappa shape index (κ2) is 11.0. The Morgan fingerprint density at radius 3 is 2.48 bits per heavy atom. The van der Waals surface area contributed by atoms with Crippen molar-refractivity contribution < 1.29 is 28.5 Å². The monoisotopic (exact) mass is 396 g/mol. The summed E-state index contributed by atoms with van der Waals surface area (Å²) in [6.07, 6.45) is 3.01. The van der Waals surface area contributed by atoms with Gasteiger partial charge in [0, 0.05) is 11.8 Å².